The second-order valence-electron chi connectivity index (χ2n) is 6.73. The Morgan fingerprint density at radius 3 is 2.39 bits per heavy atom. The van der Waals surface area contributed by atoms with E-state index in [0.717, 1.165) is 10.5 Å². The molecule has 0 radical (unpaired) electrons. The summed E-state index contributed by atoms with van der Waals surface area (Å²) in [5.41, 5.74) is 1.89. The number of hydrogen-bond donors (Lipinski definition) is 0. The number of anilines is 1. The van der Waals surface area contributed by atoms with Crippen LogP contribution in [0.3, 0.4) is 0 Å². The first-order valence-corrected chi connectivity index (χ1v) is 9.43. The topological polar surface area (TPSA) is 73.6 Å². The minimum Gasteiger partial charge on any atom is -0.372 e. The molecule has 2 unspecified atom stereocenters. The van der Waals surface area contributed by atoms with Gasteiger partial charge in [0.1, 0.15) is 6.04 Å². The number of carbonyl (C=O) groups excluding carboxylic acids is 2. The molecule has 3 amide bonds. The summed E-state index contributed by atoms with van der Waals surface area (Å²) in [6, 6.07) is 12.9. The van der Waals surface area contributed by atoms with Crippen LogP contribution in [-0.2, 0) is 16.1 Å². The highest BCUT2D eigenvalue weighted by Crippen LogP contribution is 2.35. The molecule has 0 aliphatic carbocycles. The molecule has 28 heavy (non-hydrogen) atoms. The van der Waals surface area contributed by atoms with Crippen molar-refractivity contribution in [3.05, 3.63) is 63.6 Å². The lowest BCUT2D eigenvalue weighted by atomic mass is 10.1. The van der Waals surface area contributed by atoms with Gasteiger partial charge in [0.15, 0.2) is 0 Å². The highest BCUT2D eigenvalue weighted by Gasteiger charge is 2.51. The number of amides is 3. The highest BCUT2D eigenvalue weighted by molar-refractivity contribution is 6.35. The third-order valence-electron chi connectivity index (χ3n) is 4.88. The SMILES string of the molecule is N#Cc1ccc(COC2CC3C(=O)N(c4cc(Cl)cc(Cl)c4)C(=O)N3C2)cc1. The third-order valence-corrected chi connectivity index (χ3v) is 5.32. The maximum atomic E-state index is 12.8. The fourth-order valence-electron chi connectivity index (χ4n) is 3.53. The Morgan fingerprint density at radius 2 is 1.79 bits per heavy atom. The average Bonchev–Trinajstić information content (AvgIpc) is 3.19. The Bertz CT molecular complexity index is 943. The van der Waals surface area contributed by atoms with E-state index in [-0.39, 0.29) is 12.0 Å². The van der Waals surface area contributed by atoms with E-state index in [4.69, 9.17) is 33.2 Å². The molecule has 0 spiro atoms. The van der Waals surface area contributed by atoms with E-state index in [9.17, 15) is 9.59 Å². The smallest absolute Gasteiger partial charge is 0.332 e. The van der Waals surface area contributed by atoms with Crippen LogP contribution in [0.25, 0.3) is 0 Å². The Morgan fingerprint density at radius 1 is 1.11 bits per heavy atom. The molecule has 2 aromatic carbocycles. The Labute approximate surface area is 171 Å². The summed E-state index contributed by atoms with van der Waals surface area (Å²) in [5.74, 6) is -0.298. The number of urea groups is 1. The highest BCUT2D eigenvalue weighted by atomic mass is 35.5. The van der Waals surface area contributed by atoms with Crippen LogP contribution in [0, 0.1) is 11.3 Å². The molecule has 8 heteroatoms. The minimum absolute atomic E-state index is 0.223. The van der Waals surface area contributed by atoms with E-state index in [2.05, 4.69) is 6.07 Å². The molecular weight excluding hydrogens is 401 g/mol. The number of halogens is 2. The van der Waals surface area contributed by atoms with Gasteiger partial charge in [-0.25, -0.2) is 9.69 Å². The third kappa shape index (κ3) is 3.45. The number of imide groups is 1. The lowest BCUT2D eigenvalue weighted by Gasteiger charge is -2.18. The summed E-state index contributed by atoms with van der Waals surface area (Å²) in [5, 5.41) is 9.56. The van der Waals surface area contributed by atoms with Crippen molar-refractivity contribution in [1.29, 1.82) is 5.26 Å². The molecule has 0 N–H and O–H groups in total. The van der Waals surface area contributed by atoms with E-state index in [1.54, 1.807) is 30.3 Å². The number of benzene rings is 2. The fourth-order valence-corrected chi connectivity index (χ4v) is 4.05. The van der Waals surface area contributed by atoms with E-state index in [1.807, 2.05) is 12.1 Å². The van der Waals surface area contributed by atoms with Gasteiger partial charge in [-0.2, -0.15) is 5.26 Å². The molecule has 6 nitrogen and oxygen atoms in total. The monoisotopic (exact) mass is 415 g/mol. The molecule has 0 bridgehead atoms. The van der Waals surface area contributed by atoms with Gasteiger partial charge in [0, 0.05) is 23.0 Å². The maximum Gasteiger partial charge on any atom is 0.332 e. The predicted octanol–water partition coefficient (Wildman–Crippen LogP) is 3.99. The standard InChI is InChI=1S/C20H15Cl2N3O3/c21-14-5-15(22)7-16(6-14)25-19(26)18-8-17(10-24(18)20(25)27)28-11-13-3-1-12(9-23)2-4-13/h1-7,17-18H,8,10-11H2. The predicted molar refractivity (Wildman–Crippen MR) is 104 cm³/mol. The quantitative estimate of drug-likeness (QED) is 0.707. The van der Waals surface area contributed by atoms with Crippen molar-refractivity contribution in [3.8, 4) is 6.07 Å². The zero-order valence-corrected chi connectivity index (χ0v) is 16.2. The first kappa shape index (κ1) is 18.8. The van der Waals surface area contributed by atoms with Crippen LogP contribution in [0.15, 0.2) is 42.5 Å². The lowest BCUT2D eigenvalue weighted by Crippen LogP contribution is -2.35. The van der Waals surface area contributed by atoms with Crippen molar-refractivity contribution in [2.45, 2.75) is 25.2 Å². The van der Waals surface area contributed by atoms with Crippen LogP contribution in [-0.4, -0.2) is 35.5 Å². The van der Waals surface area contributed by atoms with E-state index in [1.165, 1.54) is 4.90 Å². The second-order valence-corrected chi connectivity index (χ2v) is 7.60. The molecule has 0 saturated carbocycles. The van der Waals surface area contributed by atoms with Crippen LogP contribution >= 0.6 is 23.2 Å². The van der Waals surface area contributed by atoms with Crippen LogP contribution in [0.5, 0.6) is 0 Å². The van der Waals surface area contributed by atoms with Crippen LogP contribution in [0.2, 0.25) is 10.0 Å². The Kier molecular flexibility index (Phi) is 4.98. The fraction of sp³-hybridized carbons (Fsp3) is 0.250. The number of nitriles is 1. The summed E-state index contributed by atoms with van der Waals surface area (Å²) in [7, 11) is 0. The summed E-state index contributed by atoms with van der Waals surface area (Å²) in [4.78, 5) is 28.2. The summed E-state index contributed by atoms with van der Waals surface area (Å²) >= 11 is 12.0. The number of carbonyl (C=O) groups is 2. The van der Waals surface area contributed by atoms with Gasteiger partial charge in [0.05, 0.1) is 30.0 Å². The zero-order chi connectivity index (χ0) is 19.8. The van der Waals surface area contributed by atoms with Gasteiger partial charge in [0.25, 0.3) is 5.91 Å². The van der Waals surface area contributed by atoms with Crippen molar-refractivity contribution in [2.24, 2.45) is 0 Å². The van der Waals surface area contributed by atoms with Gasteiger partial charge >= 0.3 is 6.03 Å². The van der Waals surface area contributed by atoms with E-state index >= 15 is 0 Å². The van der Waals surface area contributed by atoms with Crippen LogP contribution < -0.4 is 4.90 Å². The maximum absolute atomic E-state index is 12.8. The van der Waals surface area contributed by atoms with Gasteiger partial charge in [0.2, 0.25) is 0 Å². The molecule has 0 aromatic heterocycles. The average molecular weight is 416 g/mol. The molecule has 2 heterocycles. The molecule has 2 saturated heterocycles. The first-order chi connectivity index (χ1) is 13.5. The van der Waals surface area contributed by atoms with Crippen molar-refractivity contribution < 1.29 is 14.3 Å². The lowest BCUT2D eigenvalue weighted by molar-refractivity contribution is -0.119. The molecule has 2 fully saturated rings. The number of ether oxygens (including phenoxy) is 1. The molecule has 2 aromatic rings. The molecule has 142 valence electrons. The van der Waals surface area contributed by atoms with Crippen molar-refractivity contribution in [3.63, 3.8) is 0 Å². The van der Waals surface area contributed by atoms with Gasteiger partial charge < -0.3 is 9.64 Å². The second kappa shape index (κ2) is 7.44. The van der Waals surface area contributed by atoms with Crippen molar-refractivity contribution in [2.75, 3.05) is 11.4 Å². The zero-order valence-electron chi connectivity index (χ0n) is 14.6. The Balaban J connectivity index is 1.42. The molecule has 2 aliphatic rings. The van der Waals surface area contributed by atoms with Gasteiger partial charge in [-0.05, 0) is 35.9 Å². The van der Waals surface area contributed by atoms with Crippen LogP contribution in [0.4, 0.5) is 10.5 Å². The summed E-state index contributed by atoms with van der Waals surface area (Å²) in [6.45, 7) is 0.698. The Hall–Kier alpha value is -2.59. The van der Waals surface area contributed by atoms with E-state index < -0.39 is 12.1 Å². The van der Waals surface area contributed by atoms with Crippen molar-refractivity contribution >= 4 is 40.8 Å². The summed E-state index contributed by atoms with van der Waals surface area (Å²) in [6.07, 6.45) is 0.213. The summed E-state index contributed by atoms with van der Waals surface area (Å²) < 4.78 is 5.88. The van der Waals surface area contributed by atoms with Crippen molar-refractivity contribution in [1.82, 2.24) is 4.90 Å². The molecular formula is C20H15Cl2N3O3. The number of hydrogen-bond acceptors (Lipinski definition) is 4. The molecule has 4 rings (SSSR count). The first-order valence-electron chi connectivity index (χ1n) is 8.67. The van der Waals surface area contributed by atoms with E-state index in [0.29, 0.717) is 40.9 Å². The normalized spacial score (nSPS) is 21.2. The van der Waals surface area contributed by atoms with Gasteiger partial charge in [-0.3, -0.25) is 4.79 Å². The number of nitrogens with zero attached hydrogens (tertiary/aromatic N) is 3. The minimum atomic E-state index is -0.545. The largest absolute Gasteiger partial charge is 0.372 e. The van der Waals surface area contributed by atoms with Crippen LogP contribution in [0.1, 0.15) is 17.5 Å². The van der Waals surface area contributed by atoms with Gasteiger partial charge in [-0.15, -0.1) is 0 Å². The van der Waals surface area contributed by atoms with Gasteiger partial charge in [-0.1, -0.05) is 35.3 Å². The number of rotatable bonds is 4. The number of fused-ring (bicyclic) bond motifs is 1. The molecule has 2 atom stereocenters. The molecule has 2 aliphatic heterocycles.